The Kier molecular flexibility index (Phi) is 6.09. The molecule has 1 saturated heterocycles. The third-order valence-electron chi connectivity index (χ3n) is 5.87. The van der Waals surface area contributed by atoms with Gasteiger partial charge in [-0.3, -0.25) is 9.59 Å². The van der Waals surface area contributed by atoms with Gasteiger partial charge < -0.3 is 14.4 Å². The molecule has 0 radical (unpaired) electrons. The molecular weight excluding hydrogens is 398 g/mol. The number of fused-ring (bicyclic) bond motifs is 1. The summed E-state index contributed by atoms with van der Waals surface area (Å²) in [4.78, 5) is 29.4. The highest BCUT2D eigenvalue weighted by atomic mass is 35.5. The molecule has 30 heavy (non-hydrogen) atoms. The van der Waals surface area contributed by atoms with Crippen molar-refractivity contribution in [3.05, 3.63) is 70.9 Å². The lowest BCUT2D eigenvalue weighted by Gasteiger charge is -2.35. The fourth-order valence-corrected chi connectivity index (χ4v) is 4.51. The summed E-state index contributed by atoms with van der Waals surface area (Å²) < 4.78 is 1.86. The topological polar surface area (TPSA) is 45.6 Å². The number of para-hydroxylation sites is 1. The van der Waals surface area contributed by atoms with E-state index in [0.29, 0.717) is 43.3 Å². The summed E-state index contributed by atoms with van der Waals surface area (Å²) in [6, 6.07) is 18.0. The number of carbonyl (C=O) groups is 2. The summed E-state index contributed by atoms with van der Waals surface area (Å²) >= 11 is 6.53. The molecule has 1 fully saturated rings. The molecule has 0 spiro atoms. The molecule has 1 aliphatic heterocycles. The third-order valence-corrected chi connectivity index (χ3v) is 6.25. The second-order valence-corrected chi connectivity index (χ2v) is 8.13. The lowest BCUT2D eigenvalue weighted by atomic mass is 10.1. The van der Waals surface area contributed by atoms with Crippen molar-refractivity contribution in [3.63, 3.8) is 0 Å². The van der Waals surface area contributed by atoms with Crippen LogP contribution in [-0.4, -0.2) is 52.4 Å². The highest BCUT2D eigenvalue weighted by molar-refractivity contribution is 6.38. The lowest BCUT2D eigenvalue weighted by Crippen LogP contribution is -2.50. The van der Waals surface area contributed by atoms with Crippen molar-refractivity contribution >= 4 is 34.3 Å². The van der Waals surface area contributed by atoms with E-state index in [0.717, 1.165) is 23.7 Å². The van der Waals surface area contributed by atoms with Crippen LogP contribution >= 0.6 is 11.6 Å². The number of aryl methyl sites for hydroxylation is 2. The fourth-order valence-electron chi connectivity index (χ4n) is 4.14. The van der Waals surface area contributed by atoms with Gasteiger partial charge in [0.1, 0.15) is 5.69 Å². The first-order chi connectivity index (χ1) is 14.6. The number of benzene rings is 2. The molecule has 1 aromatic heterocycles. The molecule has 0 saturated carbocycles. The smallest absolute Gasteiger partial charge is 0.272 e. The molecule has 0 aliphatic carbocycles. The molecule has 0 atom stereocenters. The van der Waals surface area contributed by atoms with Gasteiger partial charge in [0.25, 0.3) is 5.91 Å². The number of piperazine rings is 1. The number of nitrogens with zero attached hydrogens (tertiary/aromatic N) is 3. The van der Waals surface area contributed by atoms with E-state index in [1.54, 1.807) is 4.90 Å². The normalized spacial score (nSPS) is 14.3. The van der Waals surface area contributed by atoms with E-state index < -0.39 is 0 Å². The van der Waals surface area contributed by atoms with Crippen molar-refractivity contribution in [1.29, 1.82) is 0 Å². The lowest BCUT2D eigenvalue weighted by molar-refractivity contribution is -0.132. The number of carbonyl (C=O) groups excluding carboxylic acids is 2. The zero-order valence-electron chi connectivity index (χ0n) is 17.2. The van der Waals surface area contributed by atoms with E-state index in [1.165, 1.54) is 5.56 Å². The Morgan fingerprint density at radius 3 is 2.23 bits per heavy atom. The second kappa shape index (κ2) is 8.92. The van der Waals surface area contributed by atoms with Gasteiger partial charge in [-0.1, -0.05) is 60.1 Å². The van der Waals surface area contributed by atoms with Crippen LogP contribution in [0.2, 0.25) is 5.02 Å². The maximum atomic E-state index is 13.1. The first-order valence-corrected chi connectivity index (χ1v) is 10.8. The average Bonchev–Trinajstić information content (AvgIpc) is 3.04. The Labute approximate surface area is 181 Å². The van der Waals surface area contributed by atoms with Gasteiger partial charge in [-0.25, -0.2) is 0 Å². The molecule has 0 N–H and O–H groups in total. The number of halogens is 1. The monoisotopic (exact) mass is 423 g/mol. The van der Waals surface area contributed by atoms with Crippen LogP contribution in [0.5, 0.6) is 0 Å². The maximum Gasteiger partial charge on any atom is 0.272 e. The summed E-state index contributed by atoms with van der Waals surface area (Å²) in [6.45, 7) is 2.19. The predicted octanol–water partition coefficient (Wildman–Crippen LogP) is 4.14. The van der Waals surface area contributed by atoms with Gasteiger partial charge >= 0.3 is 0 Å². The minimum absolute atomic E-state index is 0.0742. The SMILES string of the molecule is Cn1c(C(=O)N2CCN(C(=O)CCCc3ccccc3)CC2)c(Cl)c2ccccc21. The fraction of sp³-hybridized carbons (Fsp3) is 0.333. The molecule has 3 aromatic rings. The molecule has 5 nitrogen and oxygen atoms in total. The van der Waals surface area contributed by atoms with Crippen LogP contribution in [0.15, 0.2) is 54.6 Å². The van der Waals surface area contributed by atoms with Gasteiger partial charge in [0, 0.05) is 50.6 Å². The van der Waals surface area contributed by atoms with Crippen LogP contribution in [-0.2, 0) is 18.3 Å². The molecule has 1 aliphatic rings. The van der Waals surface area contributed by atoms with Crippen molar-refractivity contribution in [2.75, 3.05) is 26.2 Å². The van der Waals surface area contributed by atoms with Gasteiger partial charge in [-0.05, 0) is 24.5 Å². The number of amides is 2. The van der Waals surface area contributed by atoms with Crippen LogP contribution in [0.1, 0.15) is 28.9 Å². The maximum absolute atomic E-state index is 13.1. The summed E-state index contributed by atoms with van der Waals surface area (Å²) in [5.41, 5.74) is 2.71. The Morgan fingerprint density at radius 1 is 0.900 bits per heavy atom. The van der Waals surface area contributed by atoms with Gasteiger partial charge in [0.05, 0.1) is 5.02 Å². The quantitative estimate of drug-likeness (QED) is 0.619. The molecule has 156 valence electrons. The first-order valence-electron chi connectivity index (χ1n) is 10.4. The van der Waals surface area contributed by atoms with E-state index >= 15 is 0 Å². The van der Waals surface area contributed by atoms with Crippen molar-refractivity contribution in [3.8, 4) is 0 Å². The molecule has 0 bridgehead atoms. The molecule has 0 unspecified atom stereocenters. The molecule has 4 rings (SSSR count). The van der Waals surface area contributed by atoms with Gasteiger partial charge in [0.2, 0.25) is 5.91 Å². The van der Waals surface area contributed by atoms with Crippen LogP contribution in [0, 0.1) is 0 Å². The van der Waals surface area contributed by atoms with Crippen molar-refractivity contribution in [1.82, 2.24) is 14.4 Å². The molecule has 2 aromatic carbocycles. The first kappa shape index (κ1) is 20.5. The molecule has 6 heteroatoms. The van der Waals surface area contributed by atoms with E-state index in [9.17, 15) is 9.59 Å². The number of aromatic nitrogens is 1. The van der Waals surface area contributed by atoms with Crippen LogP contribution in [0.25, 0.3) is 10.9 Å². The Morgan fingerprint density at radius 2 is 1.53 bits per heavy atom. The van der Waals surface area contributed by atoms with Crippen LogP contribution < -0.4 is 0 Å². The summed E-state index contributed by atoms with van der Waals surface area (Å²) in [7, 11) is 1.87. The van der Waals surface area contributed by atoms with E-state index in [-0.39, 0.29) is 11.8 Å². The van der Waals surface area contributed by atoms with E-state index in [4.69, 9.17) is 11.6 Å². The van der Waals surface area contributed by atoms with Crippen molar-refractivity contribution in [2.45, 2.75) is 19.3 Å². The second-order valence-electron chi connectivity index (χ2n) is 7.75. The minimum atomic E-state index is -0.0742. The Balaban J connectivity index is 1.33. The Bertz CT molecular complexity index is 1010. The standard InChI is InChI=1S/C24H26ClN3O2/c1-26-20-12-6-5-11-19(20)22(25)23(26)24(30)28-16-14-27(15-17-28)21(29)13-7-10-18-8-3-2-4-9-18/h2-6,8-9,11-12H,7,10,13-17H2,1H3. The third kappa shape index (κ3) is 4.08. The summed E-state index contributed by atoms with van der Waals surface area (Å²) in [6.07, 6.45) is 2.29. The summed E-state index contributed by atoms with van der Waals surface area (Å²) in [5.74, 6) is 0.0931. The van der Waals surface area contributed by atoms with Crippen LogP contribution in [0.4, 0.5) is 0 Å². The number of rotatable bonds is 5. The van der Waals surface area contributed by atoms with Gasteiger partial charge in [-0.2, -0.15) is 0 Å². The molecular formula is C24H26ClN3O2. The zero-order valence-corrected chi connectivity index (χ0v) is 17.9. The highest BCUT2D eigenvalue weighted by Crippen LogP contribution is 2.30. The predicted molar refractivity (Wildman–Crippen MR) is 120 cm³/mol. The van der Waals surface area contributed by atoms with Gasteiger partial charge in [-0.15, -0.1) is 0 Å². The molecule has 2 amide bonds. The molecule has 2 heterocycles. The zero-order chi connectivity index (χ0) is 21.1. The van der Waals surface area contributed by atoms with E-state index in [1.807, 2.05) is 59.0 Å². The Hall–Kier alpha value is -2.79. The van der Waals surface area contributed by atoms with Crippen molar-refractivity contribution in [2.24, 2.45) is 7.05 Å². The number of hydrogen-bond acceptors (Lipinski definition) is 2. The highest BCUT2D eigenvalue weighted by Gasteiger charge is 2.28. The van der Waals surface area contributed by atoms with Crippen molar-refractivity contribution < 1.29 is 9.59 Å². The minimum Gasteiger partial charge on any atom is -0.339 e. The largest absolute Gasteiger partial charge is 0.339 e. The average molecular weight is 424 g/mol. The number of hydrogen-bond donors (Lipinski definition) is 0. The van der Waals surface area contributed by atoms with Crippen LogP contribution in [0.3, 0.4) is 0 Å². The van der Waals surface area contributed by atoms with E-state index in [2.05, 4.69) is 12.1 Å². The van der Waals surface area contributed by atoms with Gasteiger partial charge in [0.15, 0.2) is 0 Å². The summed E-state index contributed by atoms with van der Waals surface area (Å²) in [5, 5.41) is 1.38.